The number of allylic oxidation sites excluding steroid dienone is 1. The van der Waals surface area contributed by atoms with E-state index >= 15 is 0 Å². The standard InChI is InChI=1S/C29H31NO3/c1-3-14-30-17-21(18-30)15-20-4-6-23(7-5-20)29-28(22-8-10-24(31)11-9-22)19(2)26-13-12-25(32)16-27(26)33-29/h4-13,16,21,29,31-32H,3,14-15,17-18H2,1-2H3/i29D. The van der Waals surface area contributed by atoms with E-state index in [0.717, 1.165) is 47.3 Å². The first-order valence-corrected chi connectivity index (χ1v) is 11.7. The number of benzene rings is 3. The number of phenols is 2. The molecule has 0 amide bonds. The topological polar surface area (TPSA) is 52.9 Å². The Labute approximate surface area is 197 Å². The highest BCUT2D eigenvalue weighted by molar-refractivity contribution is 5.95. The number of aromatic hydroxyl groups is 2. The van der Waals surface area contributed by atoms with Gasteiger partial charge in [0.1, 0.15) is 23.3 Å². The zero-order valence-electron chi connectivity index (χ0n) is 20.2. The largest absolute Gasteiger partial charge is 0.508 e. The predicted molar refractivity (Wildman–Crippen MR) is 132 cm³/mol. The summed E-state index contributed by atoms with van der Waals surface area (Å²) in [4.78, 5) is 2.50. The fraction of sp³-hybridized carbons (Fsp3) is 0.310. The van der Waals surface area contributed by atoms with Gasteiger partial charge in [0.2, 0.25) is 0 Å². The summed E-state index contributed by atoms with van der Waals surface area (Å²) in [6.45, 7) is 7.70. The van der Waals surface area contributed by atoms with Crippen LogP contribution in [0.4, 0.5) is 0 Å². The quantitative estimate of drug-likeness (QED) is 0.488. The van der Waals surface area contributed by atoms with Gasteiger partial charge >= 0.3 is 0 Å². The lowest BCUT2D eigenvalue weighted by Gasteiger charge is -2.39. The SMILES string of the molecule is [2H]C1(c2ccc(CC3CN(CCC)C3)cc2)Oc2cc(O)ccc2C(C)=C1c1ccc(O)cc1. The molecule has 170 valence electrons. The van der Waals surface area contributed by atoms with E-state index in [1.165, 1.54) is 18.5 Å². The number of ether oxygens (including phenoxy) is 1. The molecule has 3 aromatic carbocycles. The number of nitrogens with zero attached hydrogens (tertiary/aromatic N) is 1. The van der Waals surface area contributed by atoms with Crippen LogP contribution in [0, 0.1) is 5.92 Å². The van der Waals surface area contributed by atoms with E-state index in [2.05, 4.69) is 24.0 Å². The number of fused-ring (bicyclic) bond motifs is 1. The average molecular weight is 443 g/mol. The van der Waals surface area contributed by atoms with Gasteiger partial charge < -0.3 is 19.8 Å². The minimum Gasteiger partial charge on any atom is -0.508 e. The average Bonchev–Trinajstić information content (AvgIpc) is 2.79. The molecule has 4 heteroatoms. The second-order valence-electron chi connectivity index (χ2n) is 9.19. The Morgan fingerprint density at radius 2 is 1.67 bits per heavy atom. The summed E-state index contributed by atoms with van der Waals surface area (Å²) in [6.07, 6.45) is 0.752. The Morgan fingerprint density at radius 1 is 0.970 bits per heavy atom. The smallest absolute Gasteiger partial charge is 0.150 e. The molecule has 1 fully saturated rings. The molecule has 1 saturated heterocycles. The lowest BCUT2D eigenvalue weighted by molar-refractivity contribution is 0.101. The summed E-state index contributed by atoms with van der Waals surface area (Å²) in [7, 11) is 0. The van der Waals surface area contributed by atoms with Gasteiger partial charge in [-0.25, -0.2) is 0 Å². The van der Waals surface area contributed by atoms with Crippen LogP contribution < -0.4 is 4.74 Å². The van der Waals surface area contributed by atoms with Crippen LogP contribution in [0.1, 0.15) is 50.0 Å². The van der Waals surface area contributed by atoms with Gasteiger partial charge in [0.25, 0.3) is 0 Å². The van der Waals surface area contributed by atoms with E-state index in [1.54, 1.807) is 24.3 Å². The molecule has 0 aliphatic carbocycles. The molecular formula is C29H31NO3. The van der Waals surface area contributed by atoms with Crippen LogP contribution in [0.15, 0.2) is 66.7 Å². The van der Waals surface area contributed by atoms with Gasteiger partial charge in [-0.3, -0.25) is 0 Å². The number of likely N-dealkylation sites (tertiary alicyclic amines) is 1. The molecule has 2 N–H and O–H groups in total. The minimum absolute atomic E-state index is 0.106. The first-order chi connectivity index (χ1) is 16.4. The van der Waals surface area contributed by atoms with Crippen LogP contribution in [-0.4, -0.2) is 34.7 Å². The Hall–Kier alpha value is -3.24. The van der Waals surface area contributed by atoms with Crippen molar-refractivity contribution in [1.29, 1.82) is 0 Å². The van der Waals surface area contributed by atoms with E-state index in [0.29, 0.717) is 11.7 Å². The van der Waals surface area contributed by atoms with E-state index in [-0.39, 0.29) is 11.5 Å². The predicted octanol–water partition coefficient (Wildman–Crippen LogP) is 6.05. The first kappa shape index (κ1) is 20.4. The summed E-state index contributed by atoms with van der Waals surface area (Å²) in [5, 5.41) is 19.8. The summed E-state index contributed by atoms with van der Waals surface area (Å²) in [5.41, 5.74) is 5.31. The molecule has 0 bridgehead atoms. The summed E-state index contributed by atoms with van der Waals surface area (Å²) in [5.74, 6) is 1.47. The Morgan fingerprint density at radius 3 is 2.36 bits per heavy atom. The zero-order valence-corrected chi connectivity index (χ0v) is 19.2. The van der Waals surface area contributed by atoms with E-state index in [9.17, 15) is 11.6 Å². The molecule has 1 unspecified atom stereocenters. The van der Waals surface area contributed by atoms with E-state index in [4.69, 9.17) is 4.74 Å². The summed E-state index contributed by atoms with van der Waals surface area (Å²) < 4.78 is 15.9. The van der Waals surface area contributed by atoms with Gasteiger partial charge in [-0.15, -0.1) is 0 Å². The maximum Gasteiger partial charge on any atom is 0.150 e. The van der Waals surface area contributed by atoms with Crippen molar-refractivity contribution in [1.82, 2.24) is 4.90 Å². The molecule has 0 spiro atoms. The number of hydrogen-bond acceptors (Lipinski definition) is 4. The Bertz CT molecular complexity index is 1210. The number of rotatable bonds is 6. The van der Waals surface area contributed by atoms with Crippen molar-refractivity contribution in [3.05, 3.63) is 89.0 Å². The molecule has 0 radical (unpaired) electrons. The molecule has 0 aromatic heterocycles. The third kappa shape index (κ3) is 4.36. The van der Waals surface area contributed by atoms with Gasteiger partial charge in [0.15, 0.2) is 0 Å². The molecule has 2 aliphatic heterocycles. The van der Waals surface area contributed by atoms with Crippen LogP contribution in [-0.2, 0) is 6.42 Å². The maximum absolute atomic E-state index is 10.0. The third-order valence-corrected chi connectivity index (χ3v) is 6.65. The summed E-state index contributed by atoms with van der Waals surface area (Å²) in [6, 6.07) is 20.1. The van der Waals surface area contributed by atoms with Crippen molar-refractivity contribution < 1.29 is 16.3 Å². The highest BCUT2D eigenvalue weighted by Crippen LogP contribution is 2.47. The fourth-order valence-electron chi connectivity index (χ4n) is 4.98. The molecule has 4 nitrogen and oxygen atoms in total. The second-order valence-corrected chi connectivity index (χ2v) is 9.19. The Kier molecular flexibility index (Phi) is 5.53. The molecule has 2 aliphatic rings. The highest BCUT2D eigenvalue weighted by atomic mass is 16.5. The third-order valence-electron chi connectivity index (χ3n) is 6.65. The van der Waals surface area contributed by atoms with E-state index in [1.807, 2.05) is 37.3 Å². The second kappa shape index (κ2) is 8.95. The molecule has 33 heavy (non-hydrogen) atoms. The van der Waals surface area contributed by atoms with Gasteiger partial charge in [0, 0.05) is 30.3 Å². The molecule has 0 saturated carbocycles. The lowest BCUT2D eigenvalue weighted by Crippen LogP contribution is -2.47. The van der Waals surface area contributed by atoms with Gasteiger partial charge in [0.05, 0.1) is 1.37 Å². The van der Waals surface area contributed by atoms with Crippen molar-refractivity contribution in [3.8, 4) is 17.2 Å². The van der Waals surface area contributed by atoms with Crippen LogP contribution in [0.3, 0.4) is 0 Å². The molecule has 1 atom stereocenters. The minimum atomic E-state index is -1.49. The summed E-state index contributed by atoms with van der Waals surface area (Å²) >= 11 is 0. The van der Waals surface area contributed by atoms with Crippen molar-refractivity contribution in [2.24, 2.45) is 5.92 Å². The van der Waals surface area contributed by atoms with Crippen LogP contribution in [0.2, 0.25) is 0 Å². The number of phenolic OH excluding ortho intramolecular Hbond substituents is 2. The first-order valence-electron chi connectivity index (χ1n) is 12.2. The van der Waals surface area contributed by atoms with Crippen molar-refractivity contribution in [3.63, 3.8) is 0 Å². The zero-order chi connectivity index (χ0) is 23.9. The van der Waals surface area contributed by atoms with Gasteiger partial charge in [-0.1, -0.05) is 43.3 Å². The molecule has 3 aromatic rings. The normalized spacial score (nSPS) is 21.2. The number of hydrogen-bond donors (Lipinski definition) is 2. The van der Waals surface area contributed by atoms with Crippen molar-refractivity contribution >= 4 is 11.1 Å². The van der Waals surface area contributed by atoms with Crippen LogP contribution in [0.25, 0.3) is 11.1 Å². The molecule has 2 heterocycles. The molecular weight excluding hydrogens is 410 g/mol. The monoisotopic (exact) mass is 442 g/mol. The molecule has 5 rings (SSSR count). The van der Waals surface area contributed by atoms with Crippen molar-refractivity contribution in [2.45, 2.75) is 32.8 Å². The van der Waals surface area contributed by atoms with Gasteiger partial charge in [-0.2, -0.15) is 0 Å². The maximum atomic E-state index is 10.0. The van der Waals surface area contributed by atoms with Crippen molar-refractivity contribution in [2.75, 3.05) is 19.6 Å². The lowest BCUT2D eigenvalue weighted by atomic mass is 9.85. The van der Waals surface area contributed by atoms with Gasteiger partial charge in [-0.05, 0) is 78.8 Å². The highest BCUT2D eigenvalue weighted by Gasteiger charge is 2.30. The van der Waals surface area contributed by atoms with Crippen LogP contribution >= 0.6 is 0 Å². The Balaban J connectivity index is 1.49. The fourth-order valence-corrected chi connectivity index (χ4v) is 4.98. The van der Waals surface area contributed by atoms with Crippen LogP contribution in [0.5, 0.6) is 17.2 Å². The van der Waals surface area contributed by atoms with E-state index < -0.39 is 6.08 Å².